The van der Waals surface area contributed by atoms with Crippen molar-refractivity contribution in [2.24, 2.45) is 5.92 Å². The summed E-state index contributed by atoms with van der Waals surface area (Å²) in [5, 5.41) is 0.877. The Morgan fingerprint density at radius 2 is 1.94 bits per heavy atom. The van der Waals surface area contributed by atoms with E-state index < -0.39 is 0 Å². The van der Waals surface area contributed by atoms with Gasteiger partial charge in [0.1, 0.15) is 5.82 Å². The smallest absolute Gasteiger partial charge is 0.128 e. The van der Waals surface area contributed by atoms with Crippen LogP contribution in [0.25, 0.3) is 0 Å². The lowest BCUT2D eigenvalue weighted by atomic mass is 10.2. The van der Waals surface area contributed by atoms with Crippen LogP contribution in [-0.4, -0.2) is 42.6 Å². The minimum absolute atomic E-state index is 0.757. The molecule has 0 aliphatic carbocycles. The average molecular weight is 312 g/mol. The third kappa shape index (κ3) is 3.69. The van der Waals surface area contributed by atoms with Gasteiger partial charge < -0.3 is 4.90 Å². The molecule has 0 bridgehead atoms. The first-order valence-corrected chi connectivity index (χ1v) is 7.79. The van der Waals surface area contributed by atoms with E-state index >= 15 is 0 Å². The first-order chi connectivity index (χ1) is 8.69. The number of alkyl halides is 1. The second kappa shape index (κ2) is 6.53. The van der Waals surface area contributed by atoms with Crippen LogP contribution in [-0.2, 0) is 5.33 Å². The molecule has 0 aromatic carbocycles. The molecule has 1 saturated heterocycles. The number of nitrogens with zero attached hydrogens (tertiary/aromatic N) is 3. The van der Waals surface area contributed by atoms with Crippen molar-refractivity contribution in [1.29, 1.82) is 0 Å². The molecule has 2 heterocycles. The lowest BCUT2D eigenvalue weighted by Gasteiger charge is -2.36. The third-order valence-corrected chi connectivity index (χ3v) is 3.93. The van der Waals surface area contributed by atoms with Crippen molar-refractivity contribution in [1.82, 2.24) is 9.88 Å². The molecule has 100 valence electrons. The maximum absolute atomic E-state index is 4.54. The zero-order valence-corrected chi connectivity index (χ0v) is 12.9. The molecule has 3 nitrogen and oxygen atoms in total. The maximum atomic E-state index is 4.54. The van der Waals surface area contributed by atoms with E-state index in [2.05, 4.69) is 56.7 Å². The quantitative estimate of drug-likeness (QED) is 0.797. The number of halogens is 1. The van der Waals surface area contributed by atoms with E-state index in [1.807, 2.05) is 6.20 Å². The molecule has 0 spiro atoms. The number of aromatic nitrogens is 1. The zero-order chi connectivity index (χ0) is 13.0. The fourth-order valence-corrected chi connectivity index (χ4v) is 2.69. The van der Waals surface area contributed by atoms with Crippen molar-refractivity contribution < 1.29 is 0 Å². The van der Waals surface area contributed by atoms with Crippen LogP contribution in [0.2, 0.25) is 0 Å². The van der Waals surface area contributed by atoms with Crippen LogP contribution in [0.4, 0.5) is 5.82 Å². The Balaban J connectivity index is 1.88. The minimum atomic E-state index is 0.757. The van der Waals surface area contributed by atoms with Crippen LogP contribution in [0.15, 0.2) is 18.3 Å². The first kappa shape index (κ1) is 13.8. The van der Waals surface area contributed by atoms with Gasteiger partial charge in [0.05, 0.1) is 0 Å². The summed E-state index contributed by atoms with van der Waals surface area (Å²) in [6.45, 7) is 10.3. The SMILES string of the molecule is CC(C)CN1CCN(c2ccc(CBr)cn2)CC1. The fraction of sp³-hybridized carbons (Fsp3) is 0.643. The van der Waals surface area contributed by atoms with Gasteiger partial charge >= 0.3 is 0 Å². The minimum Gasteiger partial charge on any atom is -0.354 e. The summed E-state index contributed by atoms with van der Waals surface area (Å²) in [5.41, 5.74) is 1.23. The van der Waals surface area contributed by atoms with Gasteiger partial charge in [0, 0.05) is 44.3 Å². The number of hydrogen-bond donors (Lipinski definition) is 0. The van der Waals surface area contributed by atoms with Crippen LogP contribution < -0.4 is 4.90 Å². The summed E-state index contributed by atoms with van der Waals surface area (Å²) < 4.78 is 0. The number of hydrogen-bond acceptors (Lipinski definition) is 3. The predicted octanol–water partition coefficient (Wildman–Crippen LogP) is 2.75. The Morgan fingerprint density at radius 1 is 1.22 bits per heavy atom. The summed E-state index contributed by atoms with van der Waals surface area (Å²) in [5.74, 6) is 1.87. The average Bonchev–Trinajstić information content (AvgIpc) is 2.39. The molecule has 1 aromatic heterocycles. The topological polar surface area (TPSA) is 19.4 Å². The summed E-state index contributed by atoms with van der Waals surface area (Å²) in [6, 6.07) is 4.28. The van der Waals surface area contributed by atoms with E-state index in [-0.39, 0.29) is 0 Å². The molecule has 1 aliphatic heterocycles. The lowest BCUT2D eigenvalue weighted by Crippen LogP contribution is -2.47. The van der Waals surface area contributed by atoms with E-state index in [9.17, 15) is 0 Å². The molecule has 4 heteroatoms. The molecule has 0 unspecified atom stereocenters. The van der Waals surface area contributed by atoms with Crippen molar-refractivity contribution >= 4 is 21.7 Å². The van der Waals surface area contributed by atoms with Gasteiger partial charge in [-0.05, 0) is 17.5 Å². The molecular weight excluding hydrogens is 290 g/mol. The van der Waals surface area contributed by atoms with Crippen molar-refractivity contribution in [2.75, 3.05) is 37.6 Å². The lowest BCUT2D eigenvalue weighted by molar-refractivity contribution is 0.231. The van der Waals surface area contributed by atoms with Crippen molar-refractivity contribution in [3.8, 4) is 0 Å². The summed E-state index contributed by atoms with van der Waals surface area (Å²) in [4.78, 5) is 9.47. The van der Waals surface area contributed by atoms with E-state index in [1.54, 1.807) is 0 Å². The first-order valence-electron chi connectivity index (χ1n) is 6.67. The van der Waals surface area contributed by atoms with Gasteiger partial charge in [0.15, 0.2) is 0 Å². The van der Waals surface area contributed by atoms with E-state index in [0.29, 0.717) is 0 Å². The van der Waals surface area contributed by atoms with Gasteiger partial charge in [0.2, 0.25) is 0 Å². The van der Waals surface area contributed by atoms with Crippen LogP contribution in [0, 0.1) is 5.92 Å². The standard InChI is InChI=1S/C14H22BrN3/c1-12(2)11-17-5-7-18(8-6-17)14-4-3-13(9-15)10-16-14/h3-4,10,12H,5-9,11H2,1-2H3. The fourth-order valence-electron chi connectivity index (χ4n) is 2.36. The Kier molecular flexibility index (Phi) is 5.01. The van der Waals surface area contributed by atoms with Crippen LogP contribution >= 0.6 is 15.9 Å². The number of piperazine rings is 1. The van der Waals surface area contributed by atoms with Gasteiger partial charge in [-0.15, -0.1) is 0 Å². The van der Waals surface area contributed by atoms with Crippen molar-refractivity contribution in [3.63, 3.8) is 0 Å². The van der Waals surface area contributed by atoms with Crippen molar-refractivity contribution in [2.45, 2.75) is 19.2 Å². The van der Waals surface area contributed by atoms with Gasteiger partial charge in [0.25, 0.3) is 0 Å². The highest BCUT2D eigenvalue weighted by Crippen LogP contribution is 2.15. The molecule has 1 aliphatic rings. The number of anilines is 1. The molecule has 0 N–H and O–H groups in total. The Hall–Kier alpha value is -0.610. The van der Waals surface area contributed by atoms with Crippen molar-refractivity contribution in [3.05, 3.63) is 23.9 Å². The van der Waals surface area contributed by atoms with Crippen LogP contribution in [0.3, 0.4) is 0 Å². The van der Waals surface area contributed by atoms with E-state index in [1.165, 1.54) is 12.1 Å². The predicted molar refractivity (Wildman–Crippen MR) is 80.4 cm³/mol. The largest absolute Gasteiger partial charge is 0.354 e. The highest BCUT2D eigenvalue weighted by molar-refractivity contribution is 9.08. The molecule has 0 atom stereocenters. The highest BCUT2D eigenvalue weighted by Gasteiger charge is 2.18. The summed E-state index contributed by atoms with van der Waals surface area (Å²) >= 11 is 3.45. The van der Waals surface area contributed by atoms with Crippen LogP contribution in [0.5, 0.6) is 0 Å². The summed E-state index contributed by atoms with van der Waals surface area (Å²) in [7, 11) is 0. The maximum Gasteiger partial charge on any atom is 0.128 e. The molecule has 2 rings (SSSR count). The van der Waals surface area contributed by atoms with Crippen LogP contribution in [0.1, 0.15) is 19.4 Å². The number of pyridine rings is 1. The molecule has 1 aromatic rings. The number of rotatable bonds is 4. The highest BCUT2D eigenvalue weighted by atomic mass is 79.9. The molecule has 1 fully saturated rings. The molecule has 0 amide bonds. The normalized spacial score (nSPS) is 17.4. The van der Waals surface area contributed by atoms with E-state index in [4.69, 9.17) is 0 Å². The monoisotopic (exact) mass is 311 g/mol. The van der Waals surface area contributed by atoms with E-state index in [0.717, 1.165) is 43.2 Å². The second-order valence-corrected chi connectivity index (χ2v) is 5.90. The molecule has 0 saturated carbocycles. The zero-order valence-electron chi connectivity index (χ0n) is 11.3. The second-order valence-electron chi connectivity index (χ2n) is 5.34. The third-order valence-electron chi connectivity index (χ3n) is 3.28. The Morgan fingerprint density at radius 3 is 2.44 bits per heavy atom. The molecular formula is C14H22BrN3. The van der Waals surface area contributed by atoms with Gasteiger partial charge in [-0.25, -0.2) is 4.98 Å². The Bertz CT molecular complexity index is 356. The summed E-state index contributed by atoms with van der Waals surface area (Å²) in [6.07, 6.45) is 1.96. The molecule has 18 heavy (non-hydrogen) atoms. The Labute approximate surface area is 118 Å². The van der Waals surface area contributed by atoms with Gasteiger partial charge in [-0.1, -0.05) is 35.8 Å². The van der Waals surface area contributed by atoms with Gasteiger partial charge in [-0.2, -0.15) is 0 Å². The molecule has 0 radical (unpaired) electrons. The van der Waals surface area contributed by atoms with Gasteiger partial charge in [-0.3, -0.25) is 4.90 Å².